The van der Waals surface area contributed by atoms with E-state index in [1.807, 2.05) is 29.2 Å². The normalized spacial score (nSPS) is 18.7. The van der Waals surface area contributed by atoms with E-state index in [0.29, 0.717) is 37.1 Å². The second kappa shape index (κ2) is 10.2. The number of aliphatic carboxylic acids is 2. The molecular weight excluding hydrogens is 458 g/mol. The third-order valence-corrected chi connectivity index (χ3v) is 7.67. The summed E-state index contributed by atoms with van der Waals surface area (Å²) in [6, 6.07) is 16.1. The molecule has 0 amide bonds. The van der Waals surface area contributed by atoms with Gasteiger partial charge in [-0.25, -0.2) is 0 Å². The van der Waals surface area contributed by atoms with Gasteiger partial charge in [0.2, 0.25) is 5.82 Å². The van der Waals surface area contributed by atoms with E-state index in [1.165, 1.54) is 37.7 Å². The Bertz CT molecular complexity index is 1200. The molecule has 1 aliphatic heterocycles. The van der Waals surface area contributed by atoms with Gasteiger partial charge in [0.15, 0.2) is 5.41 Å². The number of carboxylic acids is 2. The number of likely N-dealkylation sites (tertiary alicyclic amines) is 1. The fourth-order valence-electron chi connectivity index (χ4n) is 5.53. The molecule has 5 rings (SSSR count). The lowest BCUT2D eigenvalue weighted by Crippen LogP contribution is -2.52. The molecule has 0 bridgehead atoms. The number of benzene rings is 2. The van der Waals surface area contributed by atoms with E-state index < -0.39 is 17.4 Å². The number of nitrogens with zero attached hydrogens (tertiary/aromatic N) is 3. The molecule has 3 aromatic rings. The first kappa shape index (κ1) is 24.2. The summed E-state index contributed by atoms with van der Waals surface area (Å²) >= 11 is 0. The minimum absolute atomic E-state index is 0.00679. The van der Waals surface area contributed by atoms with Crippen LogP contribution >= 0.6 is 0 Å². The fraction of sp³-hybridized carbons (Fsp3) is 0.429. The minimum Gasteiger partial charge on any atom is -0.480 e. The lowest BCUT2D eigenvalue weighted by atomic mass is 9.80. The topological polar surface area (TPSA) is 117 Å². The maximum absolute atomic E-state index is 11.7. The van der Waals surface area contributed by atoms with Gasteiger partial charge in [0.1, 0.15) is 0 Å². The monoisotopic (exact) mass is 489 g/mol. The highest BCUT2D eigenvalue weighted by atomic mass is 16.5. The highest BCUT2D eigenvalue weighted by Gasteiger charge is 2.49. The zero-order valence-corrected chi connectivity index (χ0v) is 20.2. The van der Waals surface area contributed by atoms with Crippen molar-refractivity contribution in [1.29, 1.82) is 0 Å². The first-order valence-electron chi connectivity index (χ1n) is 12.7. The Balaban J connectivity index is 1.24. The standard InChI is InChI=1S/C28H31N3O5/c32-26(33)28(27(34)35)15-4-16-31(18-28)17-19-7-9-22(10-8-19)24-29-25(36-30-24)23-13-11-21(12-14-23)20-5-2-1-3-6-20/h7-14,20H,1-6,15-18H2,(H,32,33)(H,34,35). The predicted octanol–water partition coefficient (Wildman–Crippen LogP) is 5.20. The molecule has 0 spiro atoms. The molecule has 1 aromatic heterocycles. The third-order valence-electron chi connectivity index (χ3n) is 7.67. The van der Waals surface area contributed by atoms with E-state index in [0.717, 1.165) is 16.7 Å². The Kier molecular flexibility index (Phi) is 6.87. The number of carbonyl (C=O) groups is 2. The van der Waals surface area contributed by atoms with E-state index in [4.69, 9.17) is 4.52 Å². The van der Waals surface area contributed by atoms with Crippen LogP contribution in [0.15, 0.2) is 53.1 Å². The Morgan fingerprint density at radius 1 is 0.917 bits per heavy atom. The van der Waals surface area contributed by atoms with Crippen molar-refractivity contribution in [3.8, 4) is 22.8 Å². The largest absolute Gasteiger partial charge is 0.480 e. The number of hydrogen-bond acceptors (Lipinski definition) is 6. The Morgan fingerprint density at radius 3 is 2.25 bits per heavy atom. The van der Waals surface area contributed by atoms with E-state index >= 15 is 0 Å². The van der Waals surface area contributed by atoms with Crippen molar-refractivity contribution >= 4 is 11.9 Å². The van der Waals surface area contributed by atoms with Crippen LogP contribution in [0.2, 0.25) is 0 Å². The molecule has 1 saturated carbocycles. The molecule has 0 radical (unpaired) electrons. The van der Waals surface area contributed by atoms with Crippen molar-refractivity contribution in [2.75, 3.05) is 13.1 Å². The lowest BCUT2D eigenvalue weighted by Gasteiger charge is -2.37. The molecule has 1 aliphatic carbocycles. The van der Waals surface area contributed by atoms with E-state index in [1.54, 1.807) is 0 Å². The van der Waals surface area contributed by atoms with Gasteiger partial charge in [0.25, 0.3) is 5.89 Å². The minimum atomic E-state index is -1.74. The summed E-state index contributed by atoms with van der Waals surface area (Å²) in [6.07, 6.45) is 7.16. The SMILES string of the molecule is O=C(O)C1(C(=O)O)CCCN(Cc2ccc(-c3noc(-c4ccc(C5CCCCC5)cc4)n3)cc2)C1. The van der Waals surface area contributed by atoms with Crippen LogP contribution in [0, 0.1) is 5.41 Å². The van der Waals surface area contributed by atoms with Crippen molar-refractivity contribution in [3.05, 3.63) is 59.7 Å². The zero-order valence-electron chi connectivity index (χ0n) is 20.2. The van der Waals surface area contributed by atoms with Gasteiger partial charge in [-0.2, -0.15) is 4.98 Å². The second-order valence-electron chi connectivity index (χ2n) is 10.1. The van der Waals surface area contributed by atoms with E-state index in [9.17, 15) is 19.8 Å². The quantitative estimate of drug-likeness (QED) is 0.435. The first-order chi connectivity index (χ1) is 17.4. The number of aromatic nitrogens is 2. The van der Waals surface area contributed by atoms with Gasteiger partial charge in [-0.15, -0.1) is 0 Å². The maximum Gasteiger partial charge on any atom is 0.322 e. The Labute approximate surface area is 209 Å². The maximum atomic E-state index is 11.7. The van der Waals surface area contributed by atoms with Crippen LogP contribution in [0.1, 0.15) is 62.0 Å². The van der Waals surface area contributed by atoms with Crippen molar-refractivity contribution in [2.45, 2.75) is 57.4 Å². The van der Waals surface area contributed by atoms with Crippen LogP contribution in [0.25, 0.3) is 22.8 Å². The van der Waals surface area contributed by atoms with E-state index in [2.05, 4.69) is 34.4 Å². The molecule has 8 nitrogen and oxygen atoms in total. The molecule has 1 saturated heterocycles. The highest BCUT2D eigenvalue weighted by Crippen LogP contribution is 2.34. The second-order valence-corrected chi connectivity index (χ2v) is 10.1. The van der Waals surface area contributed by atoms with Crippen LogP contribution in [0.5, 0.6) is 0 Å². The van der Waals surface area contributed by atoms with Crippen molar-refractivity contribution in [3.63, 3.8) is 0 Å². The summed E-state index contributed by atoms with van der Waals surface area (Å²) in [6.45, 7) is 1.14. The van der Waals surface area contributed by atoms with Crippen molar-refractivity contribution < 1.29 is 24.3 Å². The van der Waals surface area contributed by atoms with Gasteiger partial charge in [0.05, 0.1) is 0 Å². The molecule has 0 unspecified atom stereocenters. The Hall–Kier alpha value is -3.52. The fourth-order valence-corrected chi connectivity index (χ4v) is 5.53. The number of rotatable bonds is 7. The zero-order chi connectivity index (χ0) is 25.1. The molecule has 2 N–H and O–H groups in total. The average molecular weight is 490 g/mol. The van der Waals surface area contributed by atoms with Gasteiger partial charge in [-0.3, -0.25) is 14.5 Å². The molecule has 8 heteroatoms. The van der Waals surface area contributed by atoms with Crippen LogP contribution in [-0.2, 0) is 16.1 Å². The van der Waals surface area contributed by atoms with Crippen LogP contribution in [-0.4, -0.2) is 50.3 Å². The van der Waals surface area contributed by atoms with E-state index in [-0.39, 0.29) is 13.0 Å². The molecule has 0 atom stereocenters. The molecule has 2 aromatic carbocycles. The van der Waals surface area contributed by atoms with Crippen LogP contribution in [0.3, 0.4) is 0 Å². The smallest absolute Gasteiger partial charge is 0.322 e. The van der Waals surface area contributed by atoms with Crippen molar-refractivity contribution in [2.24, 2.45) is 5.41 Å². The first-order valence-corrected chi connectivity index (χ1v) is 12.7. The predicted molar refractivity (Wildman–Crippen MR) is 133 cm³/mol. The summed E-state index contributed by atoms with van der Waals surface area (Å²) in [7, 11) is 0. The molecule has 36 heavy (non-hydrogen) atoms. The molecular formula is C28H31N3O5. The average Bonchev–Trinajstić information content (AvgIpc) is 3.40. The third kappa shape index (κ3) is 4.91. The Morgan fingerprint density at radius 2 is 1.58 bits per heavy atom. The van der Waals surface area contributed by atoms with Crippen LogP contribution in [0.4, 0.5) is 0 Å². The van der Waals surface area contributed by atoms with Crippen LogP contribution < -0.4 is 0 Å². The summed E-state index contributed by atoms with van der Waals surface area (Å²) in [4.78, 5) is 29.8. The molecule has 2 heterocycles. The van der Waals surface area contributed by atoms with Gasteiger partial charge < -0.3 is 14.7 Å². The lowest BCUT2D eigenvalue weighted by molar-refractivity contribution is -0.169. The number of piperidine rings is 1. The number of carboxylic acid groups (broad SMARTS) is 2. The van der Waals surface area contributed by atoms with Gasteiger partial charge in [-0.1, -0.05) is 60.8 Å². The summed E-state index contributed by atoms with van der Waals surface area (Å²) < 4.78 is 5.53. The summed E-state index contributed by atoms with van der Waals surface area (Å²) in [5, 5.41) is 23.2. The molecule has 188 valence electrons. The summed E-state index contributed by atoms with van der Waals surface area (Å²) in [5.74, 6) is -0.907. The van der Waals surface area contributed by atoms with Gasteiger partial charge >= 0.3 is 11.9 Å². The highest BCUT2D eigenvalue weighted by molar-refractivity contribution is 5.98. The number of hydrogen-bond donors (Lipinski definition) is 2. The van der Waals surface area contributed by atoms with Gasteiger partial charge in [0, 0.05) is 24.2 Å². The molecule has 2 fully saturated rings. The van der Waals surface area contributed by atoms with Crippen molar-refractivity contribution in [1.82, 2.24) is 15.0 Å². The van der Waals surface area contributed by atoms with Gasteiger partial charge in [-0.05, 0) is 61.4 Å². The molecule has 2 aliphatic rings. The summed E-state index contributed by atoms with van der Waals surface area (Å²) in [5.41, 5.74) is 2.32.